The molecule has 20 heavy (non-hydrogen) atoms. The fourth-order valence-electron chi connectivity index (χ4n) is 2.16. The van der Waals surface area contributed by atoms with E-state index in [2.05, 4.69) is 17.1 Å². The predicted molar refractivity (Wildman–Crippen MR) is 88.9 cm³/mol. The van der Waals surface area contributed by atoms with Gasteiger partial charge in [0, 0.05) is 49.4 Å². The maximum absolute atomic E-state index is 5.91. The number of nitrogens with two attached hydrogens (primary N) is 1. The topological polar surface area (TPSA) is 50.5 Å². The summed E-state index contributed by atoms with van der Waals surface area (Å²) in [6.45, 7) is 7.27. The number of anilines is 2. The second kappa shape index (κ2) is 8.27. The van der Waals surface area contributed by atoms with Crippen LogP contribution >= 0.6 is 11.8 Å². The fourth-order valence-corrected chi connectivity index (χ4v) is 3.14. The van der Waals surface area contributed by atoms with Crippen LogP contribution in [0.1, 0.15) is 13.3 Å². The van der Waals surface area contributed by atoms with Crippen LogP contribution in [0.4, 0.5) is 11.4 Å². The molecular weight excluding hydrogens is 270 g/mol. The molecule has 1 aromatic carbocycles. The first-order chi connectivity index (χ1) is 9.79. The van der Waals surface area contributed by atoms with E-state index in [9.17, 15) is 0 Å². The summed E-state index contributed by atoms with van der Waals surface area (Å²) in [6.07, 6.45) is 0.990. The van der Waals surface area contributed by atoms with Gasteiger partial charge in [-0.2, -0.15) is 11.8 Å². The van der Waals surface area contributed by atoms with Gasteiger partial charge in [-0.3, -0.25) is 4.90 Å². The Hall–Kier alpha value is -1.07. The molecule has 4 nitrogen and oxygen atoms in total. The number of nitrogens with one attached hydrogen (secondary N) is 1. The highest BCUT2D eigenvalue weighted by Gasteiger charge is 2.09. The first-order valence-corrected chi connectivity index (χ1v) is 8.51. The highest BCUT2D eigenvalue weighted by Crippen LogP contribution is 2.25. The normalized spacial score (nSPS) is 16.1. The Morgan fingerprint density at radius 1 is 1.35 bits per heavy atom. The van der Waals surface area contributed by atoms with Crippen molar-refractivity contribution in [3.63, 3.8) is 0 Å². The number of hydrogen-bond donors (Lipinski definition) is 2. The Kier molecular flexibility index (Phi) is 6.33. The van der Waals surface area contributed by atoms with Crippen LogP contribution in [0.5, 0.6) is 5.75 Å². The maximum atomic E-state index is 5.91. The number of nitrogen functional groups attached to an aromatic ring is 1. The van der Waals surface area contributed by atoms with E-state index in [1.54, 1.807) is 0 Å². The van der Waals surface area contributed by atoms with Gasteiger partial charge >= 0.3 is 0 Å². The van der Waals surface area contributed by atoms with Crippen molar-refractivity contribution in [1.29, 1.82) is 0 Å². The first-order valence-electron chi connectivity index (χ1n) is 7.36. The summed E-state index contributed by atoms with van der Waals surface area (Å²) in [5.74, 6) is 3.31. The quantitative estimate of drug-likeness (QED) is 0.757. The molecule has 1 fully saturated rings. The van der Waals surface area contributed by atoms with Gasteiger partial charge in [0.1, 0.15) is 5.75 Å². The van der Waals surface area contributed by atoms with Crippen LogP contribution in [0.25, 0.3) is 0 Å². The summed E-state index contributed by atoms with van der Waals surface area (Å²) < 4.78 is 5.64. The lowest BCUT2D eigenvalue weighted by molar-refractivity contribution is 0.314. The summed E-state index contributed by atoms with van der Waals surface area (Å²) in [6, 6.07) is 5.92. The lowest BCUT2D eigenvalue weighted by Gasteiger charge is -2.26. The van der Waals surface area contributed by atoms with E-state index >= 15 is 0 Å². The molecule has 0 aliphatic carbocycles. The summed E-state index contributed by atoms with van der Waals surface area (Å²) in [4.78, 5) is 2.51. The van der Waals surface area contributed by atoms with E-state index in [1.807, 2.05) is 30.0 Å². The third-order valence-electron chi connectivity index (χ3n) is 3.34. The van der Waals surface area contributed by atoms with Crippen molar-refractivity contribution in [3.05, 3.63) is 18.2 Å². The van der Waals surface area contributed by atoms with E-state index in [0.717, 1.165) is 30.9 Å². The van der Waals surface area contributed by atoms with Crippen molar-refractivity contribution >= 4 is 23.1 Å². The molecule has 0 saturated carbocycles. The molecule has 3 N–H and O–H groups in total. The van der Waals surface area contributed by atoms with Crippen molar-refractivity contribution in [2.75, 3.05) is 55.3 Å². The number of rotatable bonds is 7. The van der Waals surface area contributed by atoms with Gasteiger partial charge in [-0.25, -0.2) is 0 Å². The Morgan fingerprint density at radius 3 is 2.90 bits per heavy atom. The molecule has 1 heterocycles. The lowest BCUT2D eigenvalue weighted by atomic mass is 10.2. The number of hydrogen-bond acceptors (Lipinski definition) is 5. The minimum atomic E-state index is 0.706. The van der Waals surface area contributed by atoms with Crippen molar-refractivity contribution in [3.8, 4) is 5.75 Å². The second-order valence-electron chi connectivity index (χ2n) is 4.98. The van der Waals surface area contributed by atoms with Crippen LogP contribution in [-0.4, -0.2) is 49.2 Å². The van der Waals surface area contributed by atoms with Crippen LogP contribution in [-0.2, 0) is 0 Å². The highest BCUT2D eigenvalue weighted by molar-refractivity contribution is 7.99. The molecular formula is C15H25N3OS. The smallest absolute Gasteiger partial charge is 0.144 e. The highest BCUT2D eigenvalue weighted by atomic mass is 32.2. The molecule has 1 aromatic rings. The molecule has 112 valence electrons. The molecule has 1 aliphatic rings. The Bertz CT molecular complexity index is 408. The number of benzene rings is 1. The van der Waals surface area contributed by atoms with E-state index < -0.39 is 0 Å². The summed E-state index contributed by atoms with van der Waals surface area (Å²) >= 11 is 2.05. The van der Waals surface area contributed by atoms with Crippen molar-refractivity contribution < 1.29 is 4.74 Å². The Morgan fingerprint density at radius 2 is 2.15 bits per heavy atom. The van der Waals surface area contributed by atoms with Gasteiger partial charge in [-0.05, 0) is 18.6 Å². The van der Waals surface area contributed by atoms with E-state index in [1.165, 1.54) is 24.6 Å². The Balaban J connectivity index is 1.79. The molecule has 0 aromatic heterocycles. The minimum Gasteiger partial charge on any atom is -0.491 e. The molecule has 1 aliphatic heterocycles. The molecule has 0 unspecified atom stereocenters. The monoisotopic (exact) mass is 295 g/mol. The van der Waals surface area contributed by atoms with Crippen LogP contribution in [0, 0.1) is 0 Å². The molecule has 0 bridgehead atoms. The Labute approximate surface area is 126 Å². The molecule has 0 spiro atoms. The van der Waals surface area contributed by atoms with Crippen LogP contribution in [0.2, 0.25) is 0 Å². The molecule has 1 saturated heterocycles. The van der Waals surface area contributed by atoms with E-state index in [0.29, 0.717) is 12.3 Å². The SMILES string of the molecule is CCCOc1cc(NCCN2CCSCC2)ccc1N. The van der Waals surface area contributed by atoms with Gasteiger partial charge < -0.3 is 15.8 Å². The molecule has 0 atom stereocenters. The number of ether oxygens (including phenoxy) is 1. The molecule has 0 radical (unpaired) electrons. The molecule has 2 rings (SSSR count). The largest absolute Gasteiger partial charge is 0.491 e. The predicted octanol–water partition coefficient (Wildman–Crippen LogP) is 2.52. The zero-order valence-electron chi connectivity index (χ0n) is 12.2. The molecule has 0 amide bonds. The lowest BCUT2D eigenvalue weighted by Crippen LogP contribution is -2.36. The van der Waals surface area contributed by atoms with Gasteiger partial charge in [0.15, 0.2) is 0 Å². The number of nitrogens with zero attached hydrogens (tertiary/aromatic N) is 1. The third kappa shape index (κ3) is 4.80. The zero-order valence-corrected chi connectivity index (χ0v) is 13.0. The van der Waals surface area contributed by atoms with E-state index in [4.69, 9.17) is 10.5 Å². The van der Waals surface area contributed by atoms with Crippen molar-refractivity contribution in [2.24, 2.45) is 0 Å². The van der Waals surface area contributed by atoms with Crippen LogP contribution < -0.4 is 15.8 Å². The summed E-state index contributed by atoms with van der Waals surface area (Å²) in [7, 11) is 0. The van der Waals surface area contributed by atoms with Crippen molar-refractivity contribution in [2.45, 2.75) is 13.3 Å². The average molecular weight is 295 g/mol. The standard InChI is InChI=1S/C15H25N3OS/c1-2-9-19-15-12-13(3-4-14(15)16)17-5-6-18-7-10-20-11-8-18/h3-4,12,17H,2,5-11,16H2,1H3. The van der Waals surface area contributed by atoms with Gasteiger partial charge in [0.25, 0.3) is 0 Å². The summed E-state index contributed by atoms with van der Waals surface area (Å²) in [5.41, 5.74) is 7.70. The third-order valence-corrected chi connectivity index (χ3v) is 4.28. The first kappa shape index (κ1) is 15.3. The van der Waals surface area contributed by atoms with Gasteiger partial charge in [0.2, 0.25) is 0 Å². The maximum Gasteiger partial charge on any atom is 0.144 e. The van der Waals surface area contributed by atoms with Gasteiger partial charge in [-0.15, -0.1) is 0 Å². The van der Waals surface area contributed by atoms with E-state index in [-0.39, 0.29) is 0 Å². The van der Waals surface area contributed by atoms with Crippen LogP contribution in [0.3, 0.4) is 0 Å². The second-order valence-corrected chi connectivity index (χ2v) is 6.21. The minimum absolute atomic E-state index is 0.706. The van der Waals surface area contributed by atoms with Gasteiger partial charge in [-0.1, -0.05) is 6.92 Å². The molecule has 5 heteroatoms. The zero-order chi connectivity index (χ0) is 14.2. The average Bonchev–Trinajstić information content (AvgIpc) is 2.49. The van der Waals surface area contributed by atoms with Crippen molar-refractivity contribution in [1.82, 2.24) is 4.90 Å². The van der Waals surface area contributed by atoms with Crippen LogP contribution in [0.15, 0.2) is 18.2 Å². The fraction of sp³-hybridized carbons (Fsp3) is 0.600. The van der Waals surface area contributed by atoms with Gasteiger partial charge in [0.05, 0.1) is 12.3 Å². The number of thioether (sulfide) groups is 1. The summed E-state index contributed by atoms with van der Waals surface area (Å²) in [5, 5.41) is 3.45.